The van der Waals surface area contributed by atoms with Crippen molar-refractivity contribution in [2.45, 2.75) is 45.8 Å². The zero-order chi connectivity index (χ0) is 17.6. The number of para-hydroxylation sites is 1. The van der Waals surface area contributed by atoms with Crippen molar-refractivity contribution in [2.24, 2.45) is 0 Å². The van der Waals surface area contributed by atoms with Gasteiger partial charge in [0, 0.05) is 24.4 Å². The molecule has 0 saturated carbocycles. The van der Waals surface area contributed by atoms with Crippen LogP contribution in [-0.4, -0.2) is 41.9 Å². The molecule has 0 aliphatic carbocycles. The molecule has 1 aliphatic rings. The number of nitrogens with zero attached hydrogens (tertiary/aromatic N) is 6. The van der Waals surface area contributed by atoms with Crippen LogP contribution in [0.1, 0.15) is 44.4 Å². The largest absolute Gasteiger partial charge is 0.329 e. The minimum absolute atomic E-state index is 0.0571. The highest BCUT2D eigenvalue weighted by Gasteiger charge is 2.31. The molecule has 130 valence electrons. The number of rotatable bonds is 3. The summed E-state index contributed by atoms with van der Waals surface area (Å²) in [5, 5.41) is 14.1. The molecule has 0 bridgehead atoms. The number of amides is 1. The van der Waals surface area contributed by atoms with E-state index in [0.29, 0.717) is 12.5 Å². The molecule has 1 unspecified atom stereocenters. The van der Waals surface area contributed by atoms with E-state index in [1.54, 1.807) is 10.9 Å². The fourth-order valence-electron chi connectivity index (χ4n) is 3.55. The summed E-state index contributed by atoms with van der Waals surface area (Å²) in [4.78, 5) is 14.8. The van der Waals surface area contributed by atoms with Gasteiger partial charge in [-0.3, -0.25) is 9.48 Å². The Hall–Kier alpha value is -2.70. The maximum Gasteiger partial charge on any atom is 0.245 e. The standard InChI is InChI=1S/C18H22N6O/c1-12(2)17-20-21-18-13(3)22(8-9-23(17)18)16(25)11-24-15-7-5-4-6-14(15)10-19-24/h4-7,10,12-13H,8-9,11H2,1-3H3. The van der Waals surface area contributed by atoms with Crippen LogP contribution < -0.4 is 0 Å². The highest BCUT2D eigenvalue weighted by atomic mass is 16.2. The van der Waals surface area contributed by atoms with Crippen LogP contribution in [0.4, 0.5) is 0 Å². The monoisotopic (exact) mass is 338 g/mol. The van der Waals surface area contributed by atoms with Crippen LogP contribution in [0.25, 0.3) is 10.9 Å². The number of hydrogen-bond acceptors (Lipinski definition) is 4. The van der Waals surface area contributed by atoms with Crippen molar-refractivity contribution in [1.29, 1.82) is 0 Å². The van der Waals surface area contributed by atoms with Crippen molar-refractivity contribution in [3.8, 4) is 0 Å². The summed E-state index contributed by atoms with van der Waals surface area (Å²) in [7, 11) is 0. The second kappa shape index (κ2) is 5.98. The second-order valence-electron chi connectivity index (χ2n) is 6.85. The lowest BCUT2D eigenvalue weighted by Gasteiger charge is -2.34. The Labute approximate surface area is 146 Å². The zero-order valence-corrected chi connectivity index (χ0v) is 14.8. The van der Waals surface area contributed by atoms with Crippen molar-refractivity contribution in [3.05, 3.63) is 42.1 Å². The van der Waals surface area contributed by atoms with Gasteiger partial charge in [0.2, 0.25) is 5.91 Å². The van der Waals surface area contributed by atoms with E-state index in [-0.39, 0.29) is 18.5 Å². The molecule has 0 spiro atoms. The first-order valence-corrected chi connectivity index (χ1v) is 8.69. The minimum atomic E-state index is -0.0805. The molecule has 1 atom stereocenters. The fourth-order valence-corrected chi connectivity index (χ4v) is 3.55. The predicted octanol–water partition coefficient (Wildman–Crippen LogP) is 2.35. The molecule has 3 heterocycles. The molecule has 1 aliphatic heterocycles. The molecule has 0 radical (unpaired) electrons. The molecule has 7 heteroatoms. The van der Waals surface area contributed by atoms with E-state index in [1.165, 1.54) is 0 Å². The molecule has 1 aromatic carbocycles. The molecule has 3 aromatic rings. The average molecular weight is 338 g/mol. The Balaban J connectivity index is 1.57. The van der Waals surface area contributed by atoms with E-state index >= 15 is 0 Å². The van der Waals surface area contributed by atoms with Gasteiger partial charge in [-0.05, 0) is 13.0 Å². The molecule has 0 N–H and O–H groups in total. The fraction of sp³-hybridized carbons (Fsp3) is 0.444. The first-order chi connectivity index (χ1) is 12.1. The second-order valence-corrected chi connectivity index (χ2v) is 6.85. The van der Waals surface area contributed by atoms with Crippen molar-refractivity contribution >= 4 is 16.8 Å². The summed E-state index contributed by atoms with van der Waals surface area (Å²) < 4.78 is 3.92. The van der Waals surface area contributed by atoms with Crippen LogP contribution in [0.2, 0.25) is 0 Å². The maximum absolute atomic E-state index is 12.9. The average Bonchev–Trinajstić information content (AvgIpc) is 3.20. The van der Waals surface area contributed by atoms with Gasteiger partial charge in [-0.25, -0.2) is 0 Å². The predicted molar refractivity (Wildman–Crippen MR) is 94.0 cm³/mol. The van der Waals surface area contributed by atoms with E-state index in [9.17, 15) is 4.79 Å². The number of hydrogen-bond donors (Lipinski definition) is 0. The van der Waals surface area contributed by atoms with Crippen LogP contribution >= 0.6 is 0 Å². The van der Waals surface area contributed by atoms with Crippen molar-refractivity contribution in [1.82, 2.24) is 29.4 Å². The molecule has 4 rings (SSSR count). The lowest BCUT2D eigenvalue weighted by atomic mass is 10.1. The summed E-state index contributed by atoms with van der Waals surface area (Å²) >= 11 is 0. The van der Waals surface area contributed by atoms with Crippen molar-refractivity contribution in [2.75, 3.05) is 6.54 Å². The van der Waals surface area contributed by atoms with E-state index in [1.807, 2.05) is 36.1 Å². The van der Waals surface area contributed by atoms with Gasteiger partial charge in [-0.15, -0.1) is 10.2 Å². The Morgan fingerprint density at radius 3 is 2.84 bits per heavy atom. The van der Waals surface area contributed by atoms with Crippen LogP contribution in [0, 0.1) is 0 Å². The quantitative estimate of drug-likeness (QED) is 0.735. The van der Waals surface area contributed by atoms with Gasteiger partial charge in [-0.1, -0.05) is 32.0 Å². The minimum Gasteiger partial charge on any atom is -0.329 e. The Morgan fingerprint density at radius 1 is 1.24 bits per heavy atom. The van der Waals surface area contributed by atoms with E-state index in [4.69, 9.17) is 0 Å². The molecule has 2 aromatic heterocycles. The summed E-state index contributed by atoms with van der Waals surface area (Å²) in [5.74, 6) is 2.24. The highest BCUT2D eigenvalue weighted by Crippen LogP contribution is 2.27. The van der Waals surface area contributed by atoms with Crippen LogP contribution in [0.3, 0.4) is 0 Å². The number of carbonyl (C=O) groups excluding carboxylic acids is 1. The van der Waals surface area contributed by atoms with Gasteiger partial charge < -0.3 is 9.47 Å². The van der Waals surface area contributed by atoms with Gasteiger partial charge in [0.05, 0.1) is 17.8 Å². The number of aromatic nitrogens is 5. The normalized spacial score (nSPS) is 17.3. The number of fused-ring (bicyclic) bond motifs is 2. The maximum atomic E-state index is 12.9. The molecular formula is C18H22N6O. The van der Waals surface area contributed by atoms with Crippen LogP contribution in [-0.2, 0) is 17.9 Å². The lowest BCUT2D eigenvalue weighted by molar-refractivity contribution is -0.135. The van der Waals surface area contributed by atoms with E-state index in [2.05, 4.69) is 33.7 Å². The third-order valence-corrected chi connectivity index (χ3v) is 4.89. The molecule has 0 saturated heterocycles. The van der Waals surface area contributed by atoms with Crippen molar-refractivity contribution in [3.63, 3.8) is 0 Å². The number of carbonyl (C=O) groups is 1. The molecule has 0 fully saturated rings. The summed E-state index contributed by atoms with van der Waals surface area (Å²) in [6, 6.07) is 7.85. The van der Waals surface area contributed by atoms with Gasteiger partial charge in [0.1, 0.15) is 12.4 Å². The Bertz CT molecular complexity index is 925. The molecule has 25 heavy (non-hydrogen) atoms. The molecular weight excluding hydrogens is 316 g/mol. The zero-order valence-electron chi connectivity index (χ0n) is 14.8. The SMILES string of the molecule is CC(C)c1nnc2n1CCN(C(=O)Cn1ncc3ccccc31)C2C. The lowest BCUT2D eigenvalue weighted by Crippen LogP contribution is -2.43. The summed E-state index contributed by atoms with van der Waals surface area (Å²) in [6.07, 6.45) is 1.80. The smallest absolute Gasteiger partial charge is 0.245 e. The third-order valence-electron chi connectivity index (χ3n) is 4.89. The molecule has 1 amide bonds. The highest BCUT2D eigenvalue weighted by molar-refractivity contribution is 5.82. The Morgan fingerprint density at radius 2 is 2.04 bits per heavy atom. The summed E-state index contributed by atoms with van der Waals surface area (Å²) in [5.41, 5.74) is 0.978. The van der Waals surface area contributed by atoms with Crippen molar-refractivity contribution < 1.29 is 4.79 Å². The first kappa shape index (κ1) is 15.8. The topological polar surface area (TPSA) is 68.8 Å². The summed E-state index contributed by atoms with van der Waals surface area (Å²) in [6.45, 7) is 7.90. The first-order valence-electron chi connectivity index (χ1n) is 8.69. The van der Waals surface area contributed by atoms with Gasteiger partial charge in [0.15, 0.2) is 5.82 Å². The van der Waals surface area contributed by atoms with E-state index < -0.39 is 0 Å². The third kappa shape index (κ3) is 2.59. The van der Waals surface area contributed by atoms with Gasteiger partial charge in [-0.2, -0.15) is 5.10 Å². The van der Waals surface area contributed by atoms with E-state index in [0.717, 1.165) is 29.1 Å². The van der Waals surface area contributed by atoms with Gasteiger partial charge >= 0.3 is 0 Å². The molecule has 7 nitrogen and oxygen atoms in total. The Kier molecular flexibility index (Phi) is 3.78. The van der Waals surface area contributed by atoms with Gasteiger partial charge in [0.25, 0.3) is 0 Å². The van der Waals surface area contributed by atoms with Crippen LogP contribution in [0.15, 0.2) is 30.5 Å². The van der Waals surface area contributed by atoms with Crippen LogP contribution in [0.5, 0.6) is 0 Å². The number of benzene rings is 1.